The van der Waals surface area contributed by atoms with Crippen molar-refractivity contribution in [2.24, 2.45) is 0 Å². The number of allylic oxidation sites excluding steroid dienone is 1. The minimum Gasteiger partial charge on any atom is -0.100 e. The third kappa shape index (κ3) is 10.7. The zero-order valence-electron chi connectivity index (χ0n) is 4.62. The van der Waals surface area contributed by atoms with Crippen LogP contribution in [0.5, 0.6) is 0 Å². The van der Waals surface area contributed by atoms with Gasteiger partial charge in [-0.15, -0.1) is 6.58 Å². The Balaban J connectivity index is 0. The van der Waals surface area contributed by atoms with Crippen molar-refractivity contribution in [2.75, 3.05) is 0 Å². The fourth-order valence-corrected chi connectivity index (χ4v) is 0.427. The lowest BCUT2D eigenvalue weighted by Crippen LogP contribution is -1.66. The summed E-state index contributed by atoms with van der Waals surface area (Å²) in [5.74, 6) is 0. The van der Waals surface area contributed by atoms with Crippen molar-refractivity contribution in [3.8, 4) is 0 Å². The fraction of sp³-hybridized carbons (Fsp3) is 0.714. The molecular weight excluding hydrogens is 84.1 g/mol. The fourth-order valence-electron chi connectivity index (χ4n) is 0.427. The first-order valence-electron chi connectivity index (χ1n) is 2.41. The van der Waals surface area contributed by atoms with Crippen LogP contribution in [0.2, 0.25) is 0 Å². The van der Waals surface area contributed by atoms with E-state index in [2.05, 4.69) is 20.4 Å². The van der Waals surface area contributed by atoms with Gasteiger partial charge in [-0.05, 0) is 13.3 Å². The Labute approximate surface area is 47.2 Å². The van der Waals surface area contributed by atoms with Crippen LogP contribution in [0, 0.1) is 0 Å². The lowest BCUT2D eigenvalue weighted by Gasteiger charge is -1.87. The van der Waals surface area contributed by atoms with E-state index in [1.165, 1.54) is 18.4 Å². The molecule has 0 spiro atoms. The summed E-state index contributed by atoms with van der Waals surface area (Å²) >= 11 is 0. The highest BCUT2D eigenvalue weighted by atomic mass is 13.8. The molecule has 0 saturated carbocycles. The van der Waals surface area contributed by atoms with Gasteiger partial charge in [0.25, 0.3) is 0 Å². The first-order valence-corrected chi connectivity index (χ1v) is 2.41. The van der Waals surface area contributed by atoms with Gasteiger partial charge in [0.2, 0.25) is 0 Å². The summed E-state index contributed by atoms with van der Waals surface area (Å²) in [6.45, 7) is 7.97. The lowest BCUT2D eigenvalue weighted by molar-refractivity contribution is 0.910. The number of rotatable bonds is 2. The Morgan fingerprint density at radius 3 is 2.00 bits per heavy atom. The third-order valence-electron chi connectivity index (χ3n) is 0.677. The molecule has 0 atom stereocenters. The van der Waals surface area contributed by atoms with Crippen molar-refractivity contribution in [2.45, 2.75) is 34.1 Å². The summed E-state index contributed by atoms with van der Waals surface area (Å²) in [5.41, 5.74) is 1.29. The first kappa shape index (κ1) is 9.88. The summed E-state index contributed by atoms with van der Waals surface area (Å²) in [6, 6.07) is 0. The monoisotopic (exact) mass is 100 g/mol. The van der Waals surface area contributed by atoms with E-state index in [0.29, 0.717) is 0 Å². The Bertz CT molecular complexity index is 44.0. The SMILES string of the molecule is C.C=C(C)CCC. The smallest absolute Gasteiger partial charge is 0.0328 e. The van der Waals surface area contributed by atoms with Crippen molar-refractivity contribution in [1.82, 2.24) is 0 Å². The van der Waals surface area contributed by atoms with E-state index in [-0.39, 0.29) is 7.43 Å². The summed E-state index contributed by atoms with van der Waals surface area (Å²) in [5, 5.41) is 0. The van der Waals surface area contributed by atoms with Gasteiger partial charge in [-0.2, -0.15) is 0 Å². The van der Waals surface area contributed by atoms with Crippen LogP contribution < -0.4 is 0 Å². The average molecular weight is 100 g/mol. The van der Waals surface area contributed by atoms with Gasteiger partial charge < -0.3 is 0 Å². The minimum absolute atomic E-state index is 0. The standard InChI is InChI=1S/C6H12.CH4/c1-4-5-6(2)3;/h2,4-5H2,1,3H3;1H4. The zero-order valence-corrected chi connectivity index (χ0v) is 4.62. The van der Waals surface area contributed by atoms with Crippen LogP contribution in [-0.4, -0.2) is 0 Å². The van der Waals surface area contributed by atoms with Gasteiger partial charge in [-0.3, -0.25) is 0 Å². The second-order valence-corrected chi connectivity index (χ2v) is 1.71. The van der Waals surface area contributed by atoms with Crippen LogP contribution in [0.4, 0.5) is 0 Å². The van der Waals surface area contributed by atoms with E-state index < -0.39 is 0 Å². The van der Waals surface area contributed by atoms with Crippen LogP contribution >= 0.6 is 0 Å². The van der Waals surface area contributed by atoms with Gasteiger partial charge in [0.15, 0.2) is 0 Å². The average Bonchev–Trinajstić information content (AvgIpc) is 1.35. The molecule has 0 aliphatic rings. The molecule has 0 aromatic heterocycles. The minimum atomic E-state index is 0. The maximum absolute atomic E-state index is 3.74. The topological polar surface area (TPSA) is 0 Å². The Kier molecular flexibility index (Phi) is 8.10. The molecule has 0 heteroatoms. The predicted octanol–water partition coefficient (Wildman–Crippen LogP) is 3.00. The van der Waals surface area contributed by atoms with Crippen LogP contribution in [0.3, 0.4) is 0 Å². The van der Waals surface area contributed by atoms with Gasteiger partial charge in [0, 0.05) is 0 Å². The largest absolute Gasteiger partial charge is 0.100 e. The molecular formula is C7H16. The van der Waals surface area contributed by atoms with Crippen molar-refractivity contribution in [3.05, 3.63) is 12.2 Å². The van der Waals surface area contributed by atoms with Crippen molar-refractivity contribution < 1.29 is 0 Å². The van der Waals surface area contributed by atoms with Gasteiger partial charge in [-0.1, -0.05) is 26.3 Å². The van der Waals surface area contributed by atoms with E-state index in [0.717, 1.165) is 0 Å². The number of hydrogen-bond acceptors (Lipinski definition) is 0. The van der Waals surface area contributed by atoms with E-state index in [9.17, 15) is 0 Å². The molecule has 7 heavy (non-hydrogen) atoms. The molecule has 0 aliphatic heterocycles. The summed E-state index contributed by atoms with van der Waals surface area (Å²) in [4.78, 5) is 0. The molecule has 0 fully saturated rings. The van der Waals surface area contributed by atoms with E-state index >= 15 is 0 Å². The molecule has 0 aliphatic carbocycles. The quantitative estimate of drug-likeness (QED) is 0.468. The van der Waals surface area contributed by atoms with Crippen LogP contribution in [0.25, 0.3) is 0 Å². The predicted molar refractivity (Wildman–Crippen MR) is 36.5 cm³/mol. The molecule has 0 saturated heterocycles. The highest BCUT2D eigenvalue weighted by Crippen LogP contribution is 1.96. The Hall–Kier alpha value is -0.260. The molecule has 0 heterocycles. The molecule has 0 nitrogen and oxygen atoms in total. The van der Waals surface area contributed by atoms with E-state index in [1.807, 2.05) is 0 Å². The highest BCUT2D eigenvalue weighted by molar-refractivity contribution is 4.86. The normalized spacial score (nSPS) is 7.14. The zero-order chi connectivity index (χ0) is 4.99. The third-order valence-corrected chi connectivity index (χ3v) is 0.677. The first-order chi connectivity index (χ1) is 2.77. The van der Waals surface area contributed by atoms with Crippen molar-refractivity contribution in [3.63, 3.8) is 0 Å². The van der Waals surface area contributed by atoms with Crippen LogP contribution in [0.1, 0.15) is 34.1 Å². The molecule has 0 unspecified atom stereocenters. The second-order valence-electron chi connectivity index (χ2n) is 1.71. The van der Waals surface area contributed by atoms with Gasteiger partial charge >= 0.3 is 0 Å². The molecule has 44 valence electrons. The Morgan fingerprint density at radius 2 is 2.00 bits per heavy atom. The summed E-state index contributed by atoms with van der Waals surface area (Å²) in [7, 11) is 0. The maximum atomic E-state index is 3.74. The second kappa shape index (κ2) is 5.74. The molecule has 0 aromatic carbocycles. The van der Waals surface area contributed by atoms with Crippen molar-refractivity contribution in [1.29, 1.82) is 0 Å². The lowest BCUT2D eigenvalue weighted by atomic mass is 10.2. The van der Waals surface area contributed by atoms with E-state index in [4.69, 9.17) is 0 Å². The molecule has 0 N–H and O–H groups in total. The summed E-state index contributed by atoms with van der Waals surface area (Å²) in [6.07, 6.45) is 2.41. The Morgan fingerprint density at radius 1 is 1.57 bits per heavy atom. The number of hydrogen-bond donors (Lipinski definition) is 0. The molecule has 0 bridgehead atoms. The summed E-state index contributed by atoms with van der Waals surface area (Å²) < 4.78 is 0. The van der Waals surface area contributed by atoms with E-state index in [1.54, 1.807) is 0 Å². The van der Waals surface area contributed by atoms with Gasteiger partial charge in [-0.25, -0.2) is 0 Å². The maximum Gasteiger partial charge on any atom is -0.0328 e. The van der Waals surface area contributed by atoms with Crippen LogP contribution in [-0.2, 0) is 0 Å². The van der Waals surface area contributed by atoms with Crippen molar-refractivity contribution >= 4 is 0 Å². The molecule has 0 radical (unpaired) electrons. The molecule has 0 amide bonds. The molecule has 0 rings (SSSR count). The van der Waals surface area contributed by atoms with Gasteiger partial charge in [0.1, 0.15) is 0 Å². The van der Waals surface area contributed by atoms with Crippen LogP contribution in [0.15, 0.2) is 12.2 Å². The highest BCUT2D eigenvalue weighted by Gasteiger charge is 1.76. The molecule has 0 aromatic rings. The van der Waals surface area contributed by atoms with Gasteiger partial charge in [0.05, 0.1) is 0 Å².